The van der Waals surface area contributed by atoms with Crippen molar-refractivity contribution in [2.45, 2.75) is 32.8 Å². The van der Waals surface area contributed by atoms with Gasteiger partial charge in [0.15, 0.2) is 11.9 Å². The van der Waals surface area contributed by atoms with Gasteiger partial charge in [0.2, 0.25) is 0 Å². The van der Waals surface area contributed by atoms with Gasteiger partial charge in [0, 0.05) is 21.6 Å². The number of nitrogens with zero attached hydrogens (tertiary/aromatic N) is 2. The number of halogens is 1. The Morgan fingerprint density at radius 2 is 1.74 bits per heavy atom. The number of amides is 1. The number of carbonyl (C=O) groups is 1. The van der Waals surface area contributed by atoms with Crippen LogP contribution >= 0.6 is 15.9 Å². The fourth-order valence-electron chi connectivity index (χ4n) is 2.30. The molecular formula is C20H20BrN3O3. The van der Waals surface area contributed by atoms with Gasteiger partial charge in [-0.15, -0.1) is 0 Å². The Labute approximate surface area is 166 Å². The van der Waals surface area contributed by atoms with Crippen LogP contribution in [0, 0.1) is 0 Å². The normalized spacial score (nSPS) is 12.0. The molecule has 0 spiro atoms. The van der Waals surface area contributed by atoms with Gasteiger partial charge < -0.3 is 14.6 Å². The van der Waals surface area contributed by atoms with Crippen molar-refractivity contribution in [1.29, 1.82) is 0 Å². The summed E-state index contributed by atoms with van der Waals surface area (Å²) in [6.07, 6.45) is -0.629. The second-order valence-corrected chi connectivity index (χ2v) is 7.31. The molecule has 140 valence electrons. The maximum absolute atomic E-state index is 12.3. The van der Waals surface area contributed by atoms with E-state index in [4.69, 9.17) is 9.26 Å². The number of carbonyl (C=O) groups excluding carboxylic acids is 1. The van der Waals surface area contributed by atoms with Crippen LogP contribution in [0.2, 0.25) is 0 Å². The van der Waals surface area contributed by atoms with E-state index in [1.807, 2.05) is 38.1 Å². The van der Waals surface area contributed by atoms with Crippen LogP contribution < -0.4 is 10.1 Å². The Kier molecular flexibility index (Phi) is 5.91. The zero-order valence-electron chi connectivity index (χ0n) is 15.3. The fourth-order valence-corrected chi connectivity index (χ4v) is 2.56. The molecule has 0 aliphatic heterocycles. The van der Waals surface area contributed by atoms with Gasteiger partial charge in [-0.2, -0.15) is 4.98 Å². The van der Waals surface area contributed by atoms with E-state index in [-0.39, 0.29) is 11.8 Å². The number of nitrogens with one attached hydrogen (secondary N) is 1. The molecule has 0 saturated heterocycles. The molecule has 3 rings (SSSR count). The molecule has 0 fully saturated rings. The Balaban J connectivity index is 1.61. The van der Waals surface area contributed by atoms with E-state index in [0.717, 1.165) is 10.0 Å². The molecular weight excluding hydrogens is 410 g/mol. The summed E-state index contributed by atoms with van der Waals surface area (Å²) in [5.74, 6) is 1.73. The summed E-state index contributed by atoms with van der Waals surface area (Å²) in [5.41, 5.74) is 1.46. The van der Waals surface area contributed by atoms with Gasteiger partial charge in [-0.1, -0.05) is 34.9 Å². The average molecular weight is 430 g/mol. The second kappa shape index (κ2) is 8.35. The lowest BCUT2D eigenvalue weighted by atomic mass is 10.2. The third-order valence-electron chi connectivity index (χ3n) is 3.85. The minimum atomic E-state index is -0.629. The zero-order chi connectivity index (χ0) is 19.4. The van der Waals surface area contributed by atoms with Gasteiger partial charge >= 0.3 is 0 Å². The Bertz CT molecular complexity index is 905. The Morgan fingerprint density at radius 3 is 2.33 bits per heavy atom. The quantitative estimate of drug-likeness (QED) is 0.594. The minimum Gasteiger partial charge on any atom is -0.481 e. The third kappa shape index (κ3) is 4.95. The number of aromatic nitrogens is 2. The van der Waals surface area contributed by atoms with E-state index >= 15 is 0 Å². The van der Waals surface area contributed by atoms with Crippen molar-refractivity contribution in [3.63, 3.8) is 0 Å². The van der Waals surface area contributed by atoms with E-state index < -0.39 is 6.10 Å². The van der Waals surface area contributed by atoms with E-state index in [0.29, 0.717) is 23.2 Å². The van der Waals surface area contributed by atoms with Crippen LogP contribution in [-0.2, 0) is 4.79 Å². The maximum Gasteiger partial charge on any atom is 0.265 e. The summed E-state index contributed by atoms with van der Waals surface area (Å²) in [7, 11) is 0. The summed E-state index contributed by atoms with van der Waals surface area (Å²) in [6, 6.07) is 14.6. The molecule has 7 heteroatoms. The molecule has 1 atom stereocenters. The number of ether oxygens (including phenoxy) is 1. The zero-order valence-corrected chi connectivity index (χ0v) is 16.9. The predicted molar refractivity (Wildman–Crippen MR) is 107 cm³/mol. The second-order valence-electron chi connectivity index (χ2n) is 6.39. The first kappa shape index (κ1) is 19.1. The Morgan fingerprint density at radius 1 is 1.07 bits per heavy atom. The molecule has 0 radical (unpaired) electrons. The molecule has 0 bridgehead atoms. The molecule has 2 aromatic carbocycles. The molecule has 0 aliphatic rings. The summed E-state index contributed by atoms with van der Waals surface area (Å²) in [5, 5.41) is 6.79. The minimum absolute atomic E-state index is 0.202. The Hall–Kier alpha value is -2.67. The summed E-state index contributed by atoms with van der Waals surface area (Å²) < 4.78 is 11.9. The molecule has 27 heavy (non-hydrogen) atoms. The first-order valence-electron chi connectivity index (χ1n) is 8.59. The molecule has 6 nitrogen and oxygen atoms in total. The molecule has 1 amide bonds. The topological polar surface area (TPSA) is 77.2 Å². The molecule has 0 aliphatic carbocycles. The molecule has 1 N–H and O–H groups in total. The SMILES string of the molecule is CC(Oc1ccc(Br)cc1)C(=O)Nc1ccc(-c2nc(C(C)C)no2)cc1. The van der Waals surface area contributed by atoms with Gasteiger partial charge in [0.05, 0.1) is 0 Å². The van der Waals surface area contributed by atoms with Crippen molar-refractivity contribution >= 4 is 27.5 Å². The molecule has 0 saturated carbocycles. The lowest BCUT2D eigenvalue weighted by Crippen LogP contribution is -2.30. The van der Waals surface area contributed by atoms with Crippen LogP contribution in [-0.4, -0.2) is 22.2 Å². The van der Waals surface area contributed by atoms with Gasteiger partial charge in [-0.25, -0.2) is 0 Å². The highest BCUT2D eigenvalue weighted by Gasteiger charge is 2.16. The van der Waals surface area contributed by atoms with E-state index in [2.05, 4.69) is 31.4 Å². The van der Waals surface area contributed by atoms with E-state index in [1.54, 1.807) is 31.2 Å². The average Bonchev–Trinajstić information content (AvgIpc) is 3.14. The van der Waals surface area contributed by atoms with Crippen molar-refractivity contribution in [3.05, 3.63) is 58.8 Å². The van der Waals surface area contributed by atoms with Crippen LogP contribution in [0.3, 0.4) is 0 Å². The molecule has 1 unspecified atom stereocenters. The molecule has 3 aromatic rings. The third-order valence-corrected chi connectivity index (χ3v) is 4.38. The number of hydrogen-bond donors (Lipinski definition) is 1. The van der Waals surface area contributed by atoms with Crippen LogP contribution in [0.5, 0.6) is 5.75 Å². The van der Waals surface area contributed by atoms with Gasteiger partial charge in [0.1, 0.15) is 5.75 Å². The van der Waals surface area contributed by atoms with E-state index in [9.17, 15) is 4.79 Å². The van der Waals surface area contributed by atoms with Crippen LogP contribution in [0.25, 0.3) is 11.5 Å². The van der Waals surface area contributed by atoms with Crippen molar-refractivity contribution in [2.24, 2.45) is 0 Å². The maximum atomic E-state index is 12.3. The van der Waals surface area contributed by atoms with Gasteiger partial charge in [-0.3, -0.25) is 4.79 Å². The highest BCUT2D eigenvalue weighted by molar-refractivity contribution is 9.10. The number of hydrogen-bond acceptors (Lipinski definition) is 5. The van der Waals surface area contributed by atoms with Crippen molar-refractivity contribution in [1.82, 2.24) is 10.1 Å². The largest absolute Gasteiger partial charge is 0.481 e. The summed E-state index contributed by atoms with van der Waals surface area (Å²) in [6.45, 7) is 5.72. The standard InChI is InChI=1S/C20H20BrN3O3/c1-12(2)18-23-20(27-24-18)14-4-8-16(9-5-14)22-19(25)13(3)26-17-10-6-15(21)7-11-17/h4-13H,1-3H3,(H,22,25). The highest BCUT2D eigenvalue weighted by Crippen LogP contribution is 2.22. The van der Waals surface area contributed by atoms with Crippen molar-refractivity contribution in [3.8, 4) is 17.2 Å². The summed E-state index contributed by atoms with van der Waals surface area (Å²) >= 11 is 3.37. The monoisotopic (exact) mass is 429 g/mol. The van der Waals surface area contributed by atoms with Gasteiger partial charge in [0.25, 0.3) is 11.8 Å². The predicted octanol–water partition coefficient (Wildman–Crippen LogP) is 5.03. The lowest BCUT2D eigenvalue weighted by Gasteiger charge is -2.15. The lowest BCUT2D eigenvalue weighted by molar-refractivity contribution is -0.122. The molecule has 1 heterocycles. The first-order valence-corrected chi connectivity index (χ1v) is 9.39. The molecule has 1 aromatic heterocycles. The summed E-state index contributed by atoms with van der Waals surface area (Å²) in [4.78, 5) is 16.7. The number of rotatable bonds is 6. The van der Waals surface area contributed by atoms with Crippen LogP contribution in [0.1, 0.15) is 32.5 Å². The fraction of sp³-hybridized carbons (Fsp3) is 0.250. The number of anilines is 1. The van der Waals surface area contributed by atoms with Crippen molar-refractivity contribution < 1.29 is 14.1 Å². The smallest absolute Gasteiger partial charge is 0.265 e. The van der Waals surface area contributed by atoms with E-state index in [1.165, 1.54) is 0 Å². The van der Waals surface area contributed by atoms with Crippen molar-refractivity contribution in [2.75, 3.05) is 5.32 Å². The van der Waals surface area contributed by atoms with Crippen LogP contribution in [0.4, 0.5) is 5.69 Å². The highest BCUT2D eigenvalue weighted by atomic mass is 79.9. The first-order chi connectivity index (χ1) is 12.9. The van der Waals surface area contributed by atoms with Crippen LogP contribution in [0.15, 0.2) is 57.5 Å². The number of benzene rings is 2. The van der Waals surface area contributed by atoms with Gasteiger partial charge in [-0.05, 0) is 55.5 Å².